The van der Waals surface area contributed by atoms with E-state index >= 15 is 0 Å². The molecule has 4 aromatic rings. The summed E-state index contributed by atoms with van der Waals surface area (Å²) in [5, 5.41) is 17.8. The Bertz CT molecular complexity index is 1950. The minimum Gasteiger partial charge on any atom is -0.444 e. The number of benzene rings is 1. The summed E-state index contributed by atoms with van der Waals surface area (Å²) in [5.74, 6) is 0.528. The molecule has 0 radical (unpaired) electrons. The third-order valence-corrected chi connectivity index (χ3v) is 10.2. The molecule has 3 aromatic heterocycles. The van der Waals surface area contributed by atoms with Crippen molar-refractivity contribution in [3.8, 4) is 11.2 Å². The van der Waals surface area contributed by atoms with Gasteiger partial charge in [-0.3, -0.25) is 9.47 Å². The van der Waals surface area contributed by atoms with E-state index in [2.05, 4.69) is 24.9 Å². The fourth-order valence-electron chi connectivity index (χ4n) is 5.65. The van der Waals surface area contributed by atoms with Gasteiger partial charge in [-0.25, -0.2) is 32.0 Å². The number of amides is 1. The van der Waals surface area contributed by atoms with Crippen LogP contribution in [0, 0.1) is 11.3 Å². The first-order chi connectivity index (χ1) is 21.1. The molecule has 45 heavy (non-hydrogen) atoms. The zero-order valence-electron chi connectivity index (χ0n) is 25.2. The molecule has 1 saturated carbocycles. The molecule has 1 aliphatic heterocycles. The van der Waals surface area contributed by atoms with Crippen LogP contribution in [0.2, 0.25) is 0 Å². The van der Waals surface area contributed by atoms with Crippen molar-refractivity contribution >= 4 is 55.2 Å². The Morgan fingerprint density at radius 2 is 1.87 bits per heavy atom. The largest absolute Gasteiger partial charge is 0.444 e. The number of carbonyl (C=O) groups excluding carboxylic acids is 1. The molecule has 1 saturated heterocycles. The first-order valence-corrected chi connectivity index (χ1v) is 16.6. The molecule has 13 nitrogen and oxygen atoms in total. The number of hydrogen-bond donors (Lipinski definition) is 1. The summed E-state index contributed by atoms with van der Waals surface area (Å²) in [6, 6.07) is 5.96. The minimum absolute atomic E-state index is 0.0737. The summed E-state index contributed by atoms with van der Waals surface area (Å²) >= 11 is 0.666. The fraction of sp³-hybridized carbons (Fsp3) is 0.500. The van der Waals surface area contributed by atoms with Crippen LogP contribution in [0.5, 0.6) is 0 Å². The number of alkyl halides is 2. The lowest BCUT2D eigenvalue weighted by molar-refractivity contribution is 0.00561. The van der Waals surface area contributed by atoms with Crippen LogP contribution in [0.25, 0.3) is 27.1 Å². The van der Waals surface area contributed by atoms with E-state index in [-0.39, 0.29) is 22.1 Å². The number of hydrogen-bond acceptors (Lipinski definition) is 11. The molecular formula is C28H31F2N9O4S2. The first kappa shape index (κ1) is 31.0. The zero-order valence-corrected chi connectivity index (χ0v) is 26.8. The van der Waals surface area contributed by atoms with Crippen LogP contribution in [0.1, 0.15) is 58.9 Å². The van der Waals surface area contributed by atoms with Crippen molar-refractivity contribution in [3.63, 3.8) is 0 Å². The molecule has 238 valence electrons. The normalized spacial score (nSPS) is 20.2. The standard InChI is InChI=1S/C28H31F2N9O4S2/c1-15-11-37(12-16(2)38(15)26(40)43-27(3,4)5)22-20-18-7-6-17(45(41,42)36-28(13-31)8-9-28)10-19(18)39(23(20)33-14-32-22)25-35-34-24(44-25)21(29)30/h6-7,10,14-16,21,36H,8-9,11-12H2,1-5H3/t15-,16-/m0/s1. The maximum absolute atomic E-state index is 13.5. The van der Waals surface area contributed by atoms with Gasteiger partial charge in [0, 0.05) is 18.5 Å². The quantitative estimate of drug-likeness (QED) is 0.312. The van der Waals surface area contributed by atoms with Crippen molar-refractivity contribution < 1.29 is 26.7 Å². The Morgan fingerprint density at radius 1 is 1.18 bits per heavy atom. The highest BCUT2D eigenvalue weighted by Crippen LogP contribution is 2.40. The molecule has 0 spiro atoms. The monoisotopic (exact) mass is 659 g/mol. The van der Waals surface area contributed by atoms with Gasteiger partial charge in [0.2, 0.25) is 15.2 Å². The van der Waals surface area contributed by atoms with Crippen molar-refractivity contribution in [3.05, 3.63) is 29.5 Å². The number of piperazine rings is 1. The minimum atomic E-state index is -4.11. The number of nitrogens with one attached hydrogen (secondary N) is 1. The number of carbonyl (C=O) groups is 1. The van der Waals surface area contributed by atoms with Gasteiger partial charge in [0.1, 0.15) is 23.3 Å². The molecule has 6 rings (SSSR count). The zero-order chi connectivity index (χ0) is 32.5. The lowest BCUT2D eigenvalue weighted by atomic mass is 10.1. The average molecular weight is 660 g/mol. The Hall–Kier alpha value is -4.01. The number of ether oxygens (including phenoxy) is 1. The molecule has 17 heteroatoms. The summed E-state index contributed by atoms with van der Waals surface area (Å²) in [7, 11) is -4.11. The third kappa shape index (κ3) is 5.66. The Balaban J connectivity index is 1.48. The molecule has 1 N–H and O–H groups in total. The number of fused-ring (bicyclic) bond motifs is 3. The van der Waals surface area contributed by atoms with E-state index in [1.54, 1.807) is 11.0 Å². The van der Waals surface area contributed by atoms with Crippen LogP contribution < -0.4 is 9.62 Å². The van der Waals surface area contributed by atoms with Crippen LogP contribution in [0.4, 0.5) is 19.4 Å². The van der Waals surface area contributed by atoms with E-state index in [0.717, 1.165) is 0 Å². The number of nitrogens with zero attached hydrogens (tertiary/aromatic N) is 8. The van der Waals surface area contributed by atoms with Gasteiger partial charge in [0.05, 0.1) is 34.0 Å². The topological polar surface area (TPSA) is 159 Å². The maximum Gasteiger partial charge on any atom is 0.410 e. The van der Waals surface area contributed by atoms with Gasteiger partial charge in [-0.05, 0) is 59.6 Å². The van der Waals surface area contributed by atoms with E-state index in [1.807, 2.05) is 45.6 Å². The van der Waals surface area contributed by atoms with Crippen LogP contribution in [0.15, 0.2) is 29.4 Å². The lowest BCUT2D eigenvalue weighted by Gasteiger charge is -2.45. The summed E-state index contributed by atoms with van der Waals surface area (Å²) in [6.45, 7) is 10.1. The second-order valence-electron chi connectivity index (χ2n) is 12.4. The van der Waals surface area contributed by atoms with Crippen molar-refractivity contribution in [2.24, 2.45) is 0 Å². The lowest BCUT2D eigenvalue weighted by Crippen LogP contribution is -2.59. The SMILES string of the molecule is C[C@H]1CN(c2ncnc3c2c2ccc(S(=O)(=O)NC4(C#N)CC4)cc2n3-c2nnc(C(F)F)s2)C[C@H](C)N1C(=O)OC(C)(C)C. The number of nitriles is 1. The Kier molecular flexibility index (Phi) is 7.45. The smallest absolute Gasteiger partial charge is 0.410 e. The van der Waals surface area contributed by atoms with Crippen LogP contribution >= 0.6 is 11.3 Å². The highest BCUT2D eigenvalue weighted by atomic mass is 32.2. The van der Waals surface area contributed by atoms with Crippen molar-refractivity contribution in [2.75, 3.05) is 18.0 Å². The van der Waals surface area contributed by atoms with E-state index in [1.165, 1.54) is 23.0 Å². The number of halogens is 2. The van der Waals surface area contributed by atoms with Gasteiger partial charge in [-0.15, -0.1) is 10.2 Å². The fourth-order valence-corrected chi connectivity index (χ4v) is 7.76. The summed E-state index contributed by atoms with van der Waals surface area (Å²) in [5.41, 5.74) is -1.14. The molecule has 4 heterocycles. The van der Waals surface area contributed by atoms with Gasteiger partial charge >= 0.3 is 6.09 Å². The second kappa shape index (κ2) is 10.8. The Labute approximate surface area is 261 Å². The predicted molar refractivity (Wildman–Crippen MR) is 162 cm³/mol. The van der Waals surface area contributed by atoms with Gasteiger partial charge in [0.15, 0.2) is 10.7 Å². The van der Waals surface area contributed by atoms with E-state index in [0.29, 0.717) is 65.0 Å². The molecule has 0 unspecified atom stereocenters. The number of anilines is 1. The number of rotatable bonds is 6. The van der Waals surface area contributed by atoms with Gasteiger partial charge in [-0.2, -0.15) is 9.98 Å². The molecule has 2 atom stereocenters. The van der Waals surface area contributed by atoms with Gasteiger partial charge < -0.3 is 9.64 Å². The summed E-state index contributed by atoms with van der Waals surface area (Å²) < 4.78 is 63.4. The molecule has 1 aliphatic carbocycles. The molecule has 1 aromatic carbocycles. The third-order valence-electron chi connectivity index (χ3n) is 7.73. The predicted octanol–water partition coefficient (Wildman–Crippen LogP) is 4.53. The number of aromatic nitrogens is 5. The van der Waals surface area contributed by atoms with Crippen molar-refractivity contribution in [1.29, 1.82) is 5.26 Å². The number of sulfonamides is 1. The van der Waals surface area contributed by atoms with Crippen LogP contribution in [-0.2, 0) is 14.8 Å². The molecule has 0 bridgehead atoms. The van der Waals surface area contributed by atoms with E-state index in [9.17, 15) is 27.3 Å². The van der Waals surface area contributed by atoms with E-state index < -0.39 is 38.7 Å². The van der Waals surface area contributed by atoms with Crippen LogP contribution in [0.3, 0.4) is 0 Å². The first-order valence-electron chi connectivity index (χ1n) is 14.3. The van der Waals surface area contributed by atoms with Crippen molar-refractivity contribution in [1.82, 2.24) is 34.4 Å². The second-order valence-corrected chi connectivity index (χ2v) is 15.1. The van der Waals surface area contributed by atoms with Crippen molar-refractivity contribution in [2.45, 2.75) is 82.0 Å². The summed E-state index contributed by atoms with van der Waals surface area (Å²) in [6.07, 6.45) is -1.10. The van der Waals surface area contributed by atoms with Gasteiger partial charge in [0.25, 0.3) is 6.43 Å². The highest BCUT2D eigenvalue weighted by Gasteiger charge is 2.47. The van der Waals surface area contributed by atoms with E-state index in [4.69, 9.17) is 4.74 Å². The highest BCUT2D eigenvalue weighted by molar-refractivity contribution is 7.89. The van der Waals surface area contributed by atoms with Crippen LogP contribution in [-0.4, -0.2) is 80.5 Å². The molecule has 2 aliphatic rings. The average Bonchev–Trinajstić information content (AvgIpc) is 3.39. The summed E-state index contributed by atoms with van der Waals surface area (Å²) in [4.78, 5) is 25.7. The molecular weight excluding hydrogens is 628 g/mol. The van der Waals surface area contributed by atoms with Gasteiger partial charge in [-0.1, -0.05) is 17.4 Å². The molecule has 1 amide bonds. The molecule has 2 fully saturated rings. The Morgan fingerprint density at radius 3 is 2.44 bits per heavy atom. The maximum atomic E-state index is 13.5.